The molecule has 446 valence electrons. The summed E-state index contributed by atoms with van der Waals surface area (Å²) in [5, 5.41) is 4.41. The average molecular weight is 1200 g/mol. The molecule has 0 radical (unpaired) electrons. The Morgan fingerprint density at radius 2 is 0.824 bits per heavy atom. The Labute approximate surface area is 534 Å². The Morgan fingerprint density at radius 1 is 0.365 bits per heavy atom. The Morgan fingerprint density at radius 3 is 1.29 bits per heavy atom. The highest BCUT2D eigenvalue weighted by atomic mass is 28.3. The summed E-state index contributed by atoms with van der Waals surface area (Å²) < 4.78 is 95.0. The van der Waals surface area contributed by atoms with Gasteiger partial charge in [-0.2, -0.15) is 0 Å². The number of rotatable bonds is 9. The summed E-state index contributed by atoms with van der Waals surface area (Å²) in [6, 6.07) is 45.6. The van der Waals surface area contributed by atoms with Gasteiger partial charge in [-0.15, -0.1) is 0 Å². The maximum absolute atomic E-state index is 8.71. The van der Waals surface area contributed by atoms with E-state index < -0.39 is 56.6 Å². The minimum absolute atomic E-state index is 0.338. The summed E-state index contributed by atoms with van der Waals surface area (Å²) in [5.41, 5.74) is 19.4. The van der Waals surface area contributed by atoms with E-state index in [9.17, 15) is 0 Å². The van der Waals surface area contributed by atoms with E-state index in [1.807, 2.05) is 137 Å². The second kappa shape index (κ2) is 27.4. The molecule has 0 spiro atoms. The van der Waals surface area contributed by atoms with Crippen molar-refractivity contribution in [1.82, 2.24) is 0 Å². The van der Waals surface area contributed by atoms with Crippen LogP contribution in [0.25, 0.3) is 56.2 Å². The lowest BCUT2D eigenvalue weighted by Crippen LogP contribution is -2.38. The van der Waals surface area contributed by atoms with Crippen LogP contribution >= 0.6 is 0 Å². The number of pyridine rings is 4. The smallest absolute Gasteiger partial charge is 0.201 e. The van der Waals surface area contributed by atoms with E-state index in [4.69, 9.17) is 15.1 Å². The van der Waals surface area contributed by atoms with Gasteiger partial charge >= 0.3 is 0 Å². The van der Waals surface area contributed by atoms with Gasteiger partial charge in [0.1, 0.15) is 28.2 Å². The molecule has 85 heavy (non-hydrogen) atoms. The van der Waals surface area contributed by atoms with Gasteiger partial charge in [0, 0.05) is 84.4 Å². The van der Waals surface area contributed by atoms with Crippen LogP contribution < -0.4 is 33.8 Å². The molecule has 4 heterocycles. The lowest BCUT2D eigenvalue weighted by atomic mass is 9.86. The summed E-state index contributed by atoms with van der Waals surface area (Å²) in [7, 11) is 3.97. The molecule has 0 aliphatic carbocycles. The maximum Gasteiger partial charge on any atom is 0.212 e. The topological polar surface area (TPSA) is 15.5 Å². The Bertz CT molecular complexity index is 4220. The van der Waals surface area contributed by atoms with Gasteiger partial charge in [0.25, 0.3) is 0 Å². The van der Waals surface area contributed by atoms with Crippen molar-refractivity contribution in [3.05, 3.63) is 219 Å². The van der Waals surface area contributed by atoms with E-state index in [0.29, 0.717) is 27.8 Å². The van der Waals surface area contributed by atoms with E-state index >= 15 is 0 Å². The highest BCUT2D eigenvalue weighted by Crippen LogP contribution is 2.33. The predicted molar refractivity (Wildman–Crippen MR) is 377 cm³/mol. The van der Waals surface area contributed by atoms with Gasteiger partial charge < -0.3 is 0 Å². The van der Waals surface area contributed by atoms with E-state index in [1.165, 1.54) is 49.1 Å². The molecule has 9 aromatic rings. The molecule has 9 rings (SSSR count). The van der Waals surface area contributed by atoms with Crippen molar-refractivity contribution in [2.24, 2.45) is 33.6 Å². The molecule has 4 aromatic heterocycles. The molecule has 4 nitrogen and oxygen atoms in total. The Kier molecular flexibility index (Phi) is 17.0. The highest BCUT2D eigenvalue weighted by molar-refractivity contribution is 6.89. The van der Waals surface area contributed by atoms with Gasteiger partial charge in [0.05, 0.1) is 24.2 Å². The van der Waals surface area contributed by atoms with E-state index in [-0.39, 0.29) is 0 Å². The summed E-state index contributed by atoms with van der Waals surface area (Å²) in [6.45, 7) is 35.0. The quantitative estimate of drug-likeness (QED) is 0.101. The summed E-state index contributed by atoms with van der Waals surface area (Å²) in [5.74, 6) is 0. The molecule has 0 atom stereocenters. The highest BCUT2D eigenvalue weighted by Gasteiger charge is 2.24. The number of hydrogen-bond donors (Lipinski definition) is 0. The lowest BCUT2D eigenvalue weighted by molar-refractivity contribution is -0.661. The third-order valence-electron chi connectivity index (χ3n) is 15.7. The van der Waals surface area contributed by atoms with Gasteiger partial charge in [0.15, 0.2) is 24.8 Å². The van der Waals surface area contributed by atoms with Crippen molar-refractivity contribution < 1.29 is 33.3 Å². The molecule has 0 saturated heterocycles. The first-order valence-electron chi connectivity index (χ1n) is 35.4. The van der Waals surface area contributed by atoms with Crippen LogP contribution in [0.5, 0.6) is 0 Å². The van der Waals surface area contributed by atoms with Crippen LogP contribution in [0.4, 0.5) is 0 Å². The monoisotopic (exact) mass is 1190 g/mol. The molecular weight excluding hydrogens is 1080 g/mol. The molecule has 0 amide bonds. The van der Waals surface area contributed by atoms with Gasteiger partial charge in [0.2, 0.25) is 22.8 Å². The predicted octanol–water partition coefficient (Wildman–Crippen LogP) is 16.7. The first kappa shape index (κ1) is 52.7. The average Bonchev–Trinajstić information content (AvgIpc) is 0.767. The first-order chi connectivity index (χ1) is 43.8. The van der Waals surface area contributed by atoms with Crippen molar-refractivity contribution in [2.75, 3.05) is 0 Å². The molecule has 0 unspecified atom stereocenters. The zero-order valence-electron chi connectivity index (χ0n) is 66.8. The van der Waals surface area contributed by atoms with Crippen molar-refractivity contribution in [3.8, 4) is 56.2 Å². The number of benzene rings is 5. The van der Waals surface area contributed by atoms with E-state index in [2.05, 4.69) is 171 Å². The van der Waals surface area contributed by atoms with E-state index in [0.717, 1.165) is 56.0 Å². The fraction of sp³-hybridized carbons (Fsp3) is 0.359. The van der Waals surface area contributed by atoms with Gasteiger partial charge in [-0.25, -0.2) is 18.3 Å². The van der Waals surface area contributed by atoms with Crippen molar-refractivity contribution in [1.29, 1.82) is 0 Å². The number of aryl methyl sites for hydroxylation is 14. The zero-order chi connectivity index (χ0) is 72.6. The minimum atomic E-state index is -2.22. The largest absolute Gasteiger partial charge is 0.212 e. The third-order valence-corrected chi connectivity index (χ3v) is 21.9. The number of nitrogens with zero attached hydrogens (tertiary/aromatic N) is 4. The zero-order valence-corrected chi connectivity index (χ0v) is 58.8. The van der Waals surface area contributed by atoms with Crippen LogP contribution in [0.15, 0.2) is 158 Å². The molecule has 0 saturated carbocycles. The first-order valence-corrected chi connectivity index (χ1v) is 40.4. The molecule has 0 N–H and O–H groups in total. The Balaban J connectivity index is 0.000000206. The molecule has 0 aliphatic heterocycles. The van der Waals surface area contributed by atoms with Crippen LogP contribution in [0, 0.1) is 74.4 Å². The van der Waals surface area contributed by atoms with Crippen LogP contribution in [0.2, 0.25) is 58.9 Å². The maximum atomic E-state index is 8.71. The lowest BCUT2D eigenvalue weighted by Gasteiger charge is -2.19. The molecule has 0 aliphatic rings. The van der Waals surface area contributed by atoms with E-state index in [1.54, 1.807) is 24.5 Å². The fourth-order valence-electron chi connectivity index (χ4n) is 10.5. The normalized spacial score (nSPS) is 14.2. The van der Waals surface area contributed by atoms with Crippen molar-refractivity contribution in [3.63, 3.8) is 0 Å². The number of hydrogen-bond acceptors (Lipinski definition) is 0. The summed E-state index contributed by atoms with van der Waals surface area (Å²) >= 11 is 0. The van der Waals surface area contributed by atoms with Crippen LogP contribution in [-0.4, -0.2) is 24.2 Å². The Hall–Kier alpha value is -6.65. The molecule has 5 aromatic carbocycles. The van der Waals surface area contributed by atoms with Crippen molar-refractivity contribution >= 4 is 39.8 Å². The van der Waals surface area contributed by atoms with Crippen molar-refractivity contribution in [2.45, 2.75) is 155 Å². The van der Waals surface area contributed by atoms with Gasteiger partial charge in [-0.3, -0.25) is 0 Å². The van der Waals surface area contributed by atoms with Crippen LogP contribution in [-0.2, 0) is 34.6 Å². The second-order valence-corrected chi connectivity index (χ2v) is 42.9. The molecule has 0 fully saturated rings. The van der Waals surface area contributed by atoms with Gasteiger partial charge in [-0.1, -0.05) is 168 Å². The minimum Gasteiger partial charge on any atom is -0.201 e. The third kappa shape index (κ3) is 17.7. The van der Waals surface area contributed by atoms with Crippen LogP contribution in [0.3, 0.4) is 0 Å². The molecule has 7 heteroatoms. The molecular formula is C78H106N4Si3+4. The second-order valence-electron chi connectivity index (χ2n) is 27.6. The van der Waals surface area contributed by atoms with Gasteiger partial charge in [-0.05, 0) is 167 Å². The standard InChI is InChI=1S/C26H32N.C18H26NSi.2C17H24NSi/c1-18-14-25(27(7)17-22(18)16-26(4,5)6)24-15-23(19(2)13-20(24)3)21-11-9-8-10-12-21;1-13-11-18(19(4)12-15(13)3)17-9-8-16(10-14(17)2)20(5,6)7;1-13-7-10-17(18(3)12-13)16-9-8-15(11-14(16)2)19(4,5)6;1-13-9-10-18(3)17(11-13)16-8-7-15(12-14(16)2)19(4,5)6/h8-15,17H,16H2,1-7H3;8-12H,1-7H3;2*7-12H,1-6H3/q4*+1/i2D3,16D2;3D3;1D3;. The van der Waals surface area contributed by atoms with Crippen LogP contribution in [0.1, 0.15) is 97.0 Å². The molecule has 0 bridgehead atoms. The fourth-order valence-corrected chi connectivity index (χ4v) is 14.2. The number of aromatic nitrogens is 4. The SMILES string of the molecule is Cc1cc[n+](C)c(-c2ccc([Si](C)(C)C)cc2C)c1.[2H]C([2H])([2H])c1c[n+](C)c(-c2ccc([Si](C)(C)C)cc2C)cc1C.[2H]C([2H])([2H])c1cc(C)c(-c2cc(C)c(C([2H])([2H])C(C)(C)C)c[n+]2C)cc1-c1ccccc1.[2H]C([2H])([2H])c1ccc(-c2ccc([Si](C)(C)C)cc2C)[n+](C)c1. The summed E-state index contributed by atoms with van der Waals surface area (Å²) in [6.07, 6.45) is 5.95. The summed E-state index contributed by atoms with van der Waals surface area (Å²) in [4.78, 5) is 0.